The summed E-state index contributed by atoms with van der Waals surface area (Å²) >= 11 is 0. The molecule has 1 saturated heterocycles. The molecule has 1 rings (SSSR count). The number of hydrogen-bond donors (Lipinski definition) is 6. The zero-order valence-electron chi connectivity index (χ0n) is 19.7. The fourth-order valence-corrected chi connectivity index (χ4v) is 3.81. The van der Waals surface area contributed by atoms with Crippen LogP contribution in [0.15, 0.2) is 12.2 Å². The third-order valence-electron chi connectivity index (χ3n) is 6.05. The highest BCUT2D eigenvalue weighted by Crippen LogP contribution is 2.22. The van der Waals surface area contributed by atoms with Gasteiger partial charge >= 0.3 is 0 Å². The lowest BCUT2D eigenvalue weighted by Gasteiger charge is -2.39. The molecule has 8 nitrogen and oxygen atoms in total. The zero-order valence-corrected chi connectivity index (χ0v) is 19.7. The fraction of sp³-hybridized carbons (Fsp3) is 0.917. The van der Waals surface area contributed by atoms with Crippen LogP contribution in [0.3, 0.4) is 0 Å². The number of allylic oxidation sites excluding steroid dienone is 1. The van der Waals surface area contributed by atoms with Crippen LogP contribution in [0.1, 0.15) is 84.0 Å². The molecule has 0 bridgehead atoms. The van der Waals surface area contributed by atoms with Crippen LogP contribution in [0.2, 0.25) is 0 Å². The second-order valence-corrected chi connectivity index (χ2v) is 8.94. The third kappa shape index (κ3) is 11.5. The Bertz CT molecular complexity index is 477. The van der Waals surface area contributed by atoms with E-state index < -0.39 is 49.5 Å². The van der Waals surface area contributed by atoms with Gasteiger partial charge in [-0.2, -0.15) is 0 Å². The van der Waals surface area contributed by atoms with Gasteiger partial charge in [-0.3, -0.25) is 0 Å². The van der Waals surface area contributed by atoms with Gasteiger partial charge in [0.2, 0.25) is 0 Å². The van der Waals surface area contributed by atoms with E-state index in [1.807, 2.05) is 6.08 Å². The minimum Gasteiger partial charge on any atom is -0.394 e. The van der Waals surface area contributed by atoms with Crippen molar-refractivity contribution in [2.45, 2.75) is 127 Å². The molecule has 6 unspecified atom stereocenters. The van der Waals surface area contributed by atoms with E-state index in [4.69, 9.17) is 15.2 Å². The van der Waals surface area contributed by atoms with Crippen LogP contribution < -0.4 is 5.73 Å². The van der Waals surface area contributed by atoms with E-state index >= 15 is 0 Å². The highest BCUT2D eigenvalue weighted by molar-refractivity contribution is 4.94. The van der Waals surface area contributed by atoms with E-state index in [-0.39, 0.29) is 6.61 Å². The second-order valence-electron chi connectivity index (χ2n) is 8.94. The Balaban J connectivity index is 2.10. The normalized spacial score (nSPS) is 28.3. The molecule has 0 aromatic heterocycles. The molecule has 0 spiro atoms. The standard InChI is InChI=1S/C24H47NO7/c1-2-3-4-5-6-7-8-9-10-11-12-13-14-15-19(27)18(25)17-31-24-23(30)22(29)21(28)20(16-26)32-24/h14-15,18-24,26-30H,2-13,16-17,25H2,1H3/b15-14+/t18-,19?,20?,21?,22?,23?,24?/m0/s1. The molecule has 0 aromatic carbocycles. The molecule has 0 aliphatic carbocycles. The van der Waals surface area contributed by atoms with Gasteiger partial charge in [-0.25, -0.2) is 0 Å². The molecular formula is C24H47NO7. The maximum atomic E-state index is 10.2. The highest BCUT2D eigenvalue weighted by atomic mass is 16.7. The summed E-state index contributed by atoms with van der Waals surface area (Å²) < 4.78 is 10.6. The molecule has 1 fully saturated rings. The molecular weight excluding hydrogens is 414 g/mol. The average molecular weight is 462 g/mol. The van der Waals surface area contributed by atoms with Crippen LogP contribution >= 0.6 is 0 Å². The molecule has 1 aliphatic heterocycles. The molecule has 0 aromatic rings. The predicted molar refractivity (Wildman–Crippen MR) is 124 cm³/mol. The molecule has 7 N–H and O–H groups in total. The van der Waals surface area contributed by atoms with Gasteiger partial charge in [0.15, 0.2) is 6.29 Å². The Labute approximate surface area is 193 Å². The Morgan fingerprint density at radius 1 is 0.875 bits per heavy atom. The lowest BCUT2D eigenvalue weighted by atomic mass is 9.99. The second kappa shape index (κ2) is 17.8. The van der Waals surface area contributed by atoms with E-state index in [0.717, 1.165) is 12.8 Å². The Hall–Kier alpha value is -0.580. The summed E-state index contributed by atoms with van der Waals surface area (Å²) in [5.74, 6) is 0. The van der Waals surface area contributed by atoms with Crippen molar-refractivity contribution in [2.24, 2.45) is 5.73 Å². The van der Waals surface area contributed by atoms with Gasteiger partial charge in [0, 0.05) is 0 Å². The molecule has 7 atom stereocenters. The SMILES string of the molecule is CCCCCCCCCCCCC/C=C/C(O)[C@@H](N)COC1OC(CO)C(O)C(O)C1O. The van der Waals surface area contributed by atoms with Crippen molar-refractivity contribution in [1.29, 1.82) is 0 Å². The molecule has 0 saturated carbocycles. The molecule has 0 radical (unpaired) electrons. The van der Waals surface area contributed by atoms with Crippen LogP contribution in [0.4, 0.5) is 0 Å². The first-order valence-corrected chi connectivity index (χ1v) is 12.4. The monoisotopic (exact) mass is 461 g/mol. The summed E-state index contributed by atoms with van der Waals surface area (Å²) in [7, 11) is 0. The van der Waals surface area contributed by atoms with Crippen LogP contribution in [0.25, 0.3) is 0 Å². The molecule has 32 heavy (non-hydrogen) atoms. The first-order valence-electron chi connectivity index (χ1n) is 12.4. The molecule has 1 aliphatic rings. The Morgan fingerprint density at radius 3 is 2.00 bits per heavy atom. The van der Waals surface area contributed by atoms with Crippen molar-refractivity contribution < 1.29 is 35.0 Å². The minimum absolute atomic E-state index is 0.118. The summed E-state index contributed by atoms with van der Waals surface area (Å²) in [5, 5.41) is 48.8. The van der Waals surface area contributed by atoms with E-state index in [2.05, 4.69) is 6.92 Å². The van der Waals surface area contributed by atoms with E-state index in [1.54, 1.807) is 6.08 Å². The Morgan fingerprint density at radius 2 is 1.44 bits per heavy atom. The predicted octanol–water partition coefficient (Wildman–Crippen LogP) is 1.75. The quantitative estimate of drug-likeness (QED) is 0.134. The highest BCUT2D eigenvalue weighted by Gasteiger charge is 2.44. The van der Waals surface area contributed by atoms with E-state index in [1.165, 1.54) is 64.2 Å². The molecule has 190 valence electrons. The van der Waals surface area contributed by atoms with Gasteiger partial charge in [-0.15, -0.1) is 0 Å². The first kappa shape index (κ1) is 29.5. The largest absolute Gasteiger partial charge is 0.394 e. The van der Waals surface area contributed by atoms with Crippen molar-refractivity contribution in [3.05, 3.63) is 12.2 Å². The topological polar surface area (TPSA) is 146 Å². The van der Waals surface area contributed by atoms with Crippen molar-refractivity contribution in [2.75, 3.05) is 13.2 Å². The van der Waals surface area contributed by atoms with Crippen LogP contribution in [0, 0.1) is 0 Å². The summed E-state index contributed by atoms with van der Waals surface area (Å²) in [5.41, 5.74) is 5.93. The smallest absolute Gasteiger partial charge is 0.186 e. The van der Waals surface area contributed by atoms with Crippen molar-refractivity contribution in [3.63, 3.8) is 0 Å². The van der Waals surface area contributed by atoms with Gasteiger partial charge < -0.3 is 40.7 Å². The first-order chi connectivity index (χ1) is 15.4. The summed E-state index contributed by atoms with van der Waals surface area (Å²) in [4.78, 5) is 0. The molecule has 1 heterocycles. The maximum Gasteiger partial charge on any atom is 0.186 e. The van der Waals surface area contributed by atoms with Crippen LogP contribution in [-0.2, 0) is 9.47 Å². The minimum atomic E-state index is -1.50. The number of hydrogen-bond acceptors (Lipinski definition) is 8. The lowest BCUT2D eigenvalue weighted by Crippen LogP contribution is -2.59. The molecule has 0 amide bonds. The van der Waals surface area contributed by atoms with Gasteiger partial charge in [0.25, 0.3) is 0 Å². The maximum absolute atomic E-state index is 10.2. The number of ether oxygens (including phenoxy) is 2. The van der Waals surface area contributed by atoms with Crippen molar-refractivity contribution in [1.82, 2.24) is 0 Å². The zero-order chi connectivity index (χ0) is 23.8. The number of nitrogens with two attached hydrogens (primary N) is 1. The van der Waals surface area contributed by atoms with Gasteiger partial charge in [-0.05, 0) is 12.8 Å². The number of unbranched alkanes of at least 4 members (excludes halogenated alkanes) is 11. The summed E-state index contributed by atoms with van der Waals surface area (Å²) in [6.07, 6.45) is 11.1. The van der Waals surface area contributed by atoms with E-state index in [9.17, 15) is 25.5 Å². The van der Waals surface area contributed by atoms with Gasteiger partial charge in [0.1, 0.15) is 24.4 Å². The summed E-state index contributed by atoms with van der Waals surface area (Å²) in [6.45, 7) is 1.60. The number of aliphatic hydroxyl groups is 5. The van der Waals surface area contributed by atoms with Crippen molar-refractivity contribution in [3.8, 4) is 0 Å². The lowest BCUT2D eigenvalue weighted by molar-refractivity contribution is -0.302. The van der Waals surface area contributed by atoms with Gasteiger partial charge in [0.05, 0.1) is 25.4 Å². The molecule has 8 heteroatoms. The van der Waals surface area contributed by atoms with Gasteiger partial charge in [-0.1, -0.05) is 83.3 Å². The third-order valence-corrected chi connectivity index (χ3v) is 6.05. The van der Waals surface area contributed by atoms with Crippen molar-refractivity contribution >= 4 is 0 Å². The summed E-state index contributed by atoms with van der Waals surface area (Å²) in [6, 6.07) is -0.740. The van der Waals surface area contributed by atoms with E-state index in [0.29, 0.717) is 0 Å². The van der Waals surface area contributed by atoms with Crippen LogP contribution in [0.5, 0.6) is 0 Å². The number of aliphatic hydroxyl groups excluding tert-OH is 5. The Kier molecular flexibility index (Phi) is 16.4. The fourth-order valence-electron chi connectivity index (χ4n) is 3.81. The average Bonchev–Trinajstić information content (AvgIpc) is 2.79. The number of rotatable bonds is 18. The van der Waals surface area contributed by atoms with Crippen LogP contribution in [-0.4, -0.2) is 81.6 Å².